The fourth-order valence-electron chi connectivity index (χ4n) is 3.38. The minimum absolute atomic E-state index is 0.148. The van der Waals surface area contributed by atoms with E-state index in [-0.39, 0.29) is 11.8 Å². The number of amides is 1. The molecule has 0 saturated carbocycles. The Morgan fingerprint density at radius 2 is 2.27 bits per heavy atom. The minimum atomic E-state index is -0.150. The number of nitrogens with zero attached hydrogens (tertiary/aromatic N) is 3. The van der Waals surface area contributed by atoms with Crippen LogP contribution in [0, 0.1) is 0 Å². The fraction of sp³-hybridized carbons (Fsp3) is 0.316. The lowest BCUT2D eigenvalue weighted by atomic mass is 9.94. The Morgan fingerprint density at radius 3 is 3.08 bits per heavy atom. The molecule has 4 rings (SSSR count). The highest BCUT2D eigenvalue weighted by atomic mass is 16.5. The number of methoxy groups -OCH3 is 1. The Bertz CT molecular complexity index is 943. The van der Waals surface area contributed by atoms with E-state index in [0.717, 1.165) is 29.4 Å². The van der Waals surface area contributed by atoms with Crippen LogP contribution in [0.25, 0.3) is 11.6 Å². The number of fused-ring (bicyclic) bond motifs is 1. The van der Waals surface area contributed by atoms with Crippen LogP contribution in [0.4, 0.5) is 0 Å². The van der Waals surface area contributed by atoms with E-state index in [2.05, 4.69) is 26.3 Å². The van der Waals surface area contributed by atoms with Gasteiger partial charge < -0.3 is 19.6 Å². The summed E-state index contributed by atoms with van der Waals surface area (Å²) in [5.74, 6) is 2.18. The van der Waals surface area contributed by atoms with Gasteiger partial charge in [-0.25, -0.2) is 9.97 Å². The van der Waals surface area contributed by atoms with Crippen molar-refractivity contribution in [3.8, 4) is 17.4 Å². The van der Waals surface area contributed by atoms with Gasteiger partial charge in [0.2, 0.25) is 0 Å². The molecule has 0 bridgehead atoms. The molecule has 0 aliphatic carbocycles. The zero-order valence-electron chi connectivity index (χ0n) is 14.8. The van der Waals surface area contributed by atoms with E-state index in [1.807, 2.05) is 35.9 Å². The zero-order valence-corrected chi connectivity index (χ0v) is 14.8. The van der Waals surface area contributed by atoms with Crippen molar-refractivity contribution in [1.29, 1.82) is 0 Å². The van der Waals surface area contributed by atoms with Crippen molar-refractivity contribution in [2.75, 3.05) is 13.7 Å². The zero-order chi connectivity index (χ0) is 18.1. The standard InChI is InChI=1S/C19H21N5O2/c1-3-24-8-7-20-18(24)17-22-15-10-13(11-21-19(25)16(15)23-17)12-5-4-6-14(9-12)26-2/h4-9,13H,3,10-11H2,1-2H3,(H,21,25)(H,22,23)/t13-/m0/s1. The molecule has 1 aromatic carbocycles. The van der Waals surface area contributed by atoms with Crippen LogP contribution in [0.15, 0.2) is 36.7 Å². The van der Waals surface area contributed by atoms with Gasteiger partial charge in [-0.3, -0.25) is 4.79 Å². The maximum atomic E-state index is 12.5. The van der Waals surface area contributed by atoms with E-state index in [1.54, 1.807) is 13.3 Å². The lowest BCUT2D eigenvalue weighted by molar-refractivity contribution is 0.0950. The Hall–Kier alpha value is -3.09. The van der Waals surface area contributed by atoms with E-state index in [4.69, 9.17) is 4.74 Å². The number of rotatable bonds is 4. The van der Waals surface area contributed by atoms with E-state index in [1.165, 1.54) is 0 Å². The maximum absolute atomic E-state index is 12.5. The Morgan fingerprint density at radius 1 is 1.38 bits per heavy atom. The third-order valence-electron chi connectivity index (χ3n) is 4.79. The second-order valence-electron chi connectivity index (χ2n) is 6.34. The number of ether oxygens (including phenoxy) is 1. The van der Waals surface area contributed by atoms with Crippen molar-refractivity contribution < 1.29 is 9.53 Å². The highest BCUT2D eigenvalue weighted by molar-refractivity contribution is 5.94. The molecule has 1 aliphatic rings. The SMILES string of the molecule is CCn1ccnc1-c1nc2c([nH]1)C[C@H](c1cccc(OC)c1)CNC2=O. The number of carbonyl (C=O) groups is 1. The lowest BCUT2D eigenvalue weighted by Crippen LogP contribution is -2.26. The molecule has 7 nitrogen and oxygen atoms in total. The molecule has 1 aliphatic heterocycles. The summed E-state index contributed by atoms with van der Waals surface area (Å²) in [6.07, 6.45) is 4.34. The Kier molecular flexibility index (Phi) is 4.20. The van der Waals surface area contributed by atoms with Crippen molar-refractivity contribution in [2.24, 2.45) is 0 Å². The summed E-state index contributed by atoms with van der Waals surface area (Å²) in [7, 11) is 1.66. The van der Waals surface area contributed by atoms with E-state index >= 15 is 0 Å². The molecule has 1 amide bonds. The number of H-pyrrole nitrogens is 1. The molecular formula is C19H21N5O2. The normalized spacial score (nSPS) is 16.7. The van der Waals surface area contributed by atoms with E-state index in [9.17, 15) is 4.79 Å². The van der Waals surface area contributed by atoms with Gasteiger partial charge >= 0.3 is 0 Å². The van der Waals surface area contributed by atoms with Crippen molar-refractivity contribution in [3.63, 3.8) is 0 Å². The first kappa shape index (κ1) is 16.4. The summed E-state index contributed by atoms with van der Waals surface area (Å²) < 4.78 is 7.32. The molecule has 2 N–H and O–H groups in total. The van der Waals surface area contributed by atoms with Crippen molar-refractivity contribution >= 4 is 5.91 Å². The summed E-state index contributed by atoms with van der Waals surface area (Å²) in [5.41, 5.74) is 2.42. The number of benzene rings is 1. The Labute approximate surface area is 151 Å². The molecule has 0 unspecified atom stereocenters. The largest absolute Gasteiger partial charge is 0.497 e. The smallest absolute Gasteiger partial charge is 0.271 e. The summed E-state index contributed by atoms with van der Waals surface area (Å²) in [6.45, 7) is 3.40. The van der Waals surface area contributed by atoms with Gasteiger partial charge in [0.25, 0.3) is 5.91 Å². The van der Waals surface area contributed by atoms with Crippen LogP contribution in [-0.2, 0) is 13.0 Å². The molecule has 26 heavy (non-hydrogen) atoms. The van der Waals surface area contributed by atoms with Gasteiger partial charge in [-0.05, 0) is 31.0 Å². The van der Waals surface area contributed by atoms with Crippen LogP contribution in [0.1, 0.15) is 34.6 Å². The van der Waals surface area contributed by atoms with Crippen molar-refractivity contribution in [2.45, 2.75) is 25.8 Å². The number of hydrogen-bond acceptors (Lipinski definition) is 4. The van der Waals surface area contributed by atoms with E-state index in [0.29, 0.717) is 24.5 Å². The fourth-order valence-corrected chi connectivity index (χ4v) is 3.38. The summed E-state index contributed by atoms with van der Waals surface area (Å²) >= 11 is 0. The Balaban J connectivity index is 1.69. The quantitative estimate of drug-likeness (QED) is 0.756. The topological polar surface area (TPSA) is 84.8 Å². The molecule has 1 atom stereocenters. The van der Waals surface area contributed by atoms with Crippen molar-refractivity contribution in [3.05, 3.63) is 53.6 Å². The molecule has 3 heterocycles. The van der Waals surface area contributed by atoms with Crippen LogP contribution in [0.3, 0.4) is 0 Å². The number of nitrogens with one attached hydrogen (secondary N) is 2. The molecule has 7 heteroatoms. The van der Waals surface area contributed by atoms with E-state index < -0.39 is 0 Å². The first-order chi connectivity index (χ1) is 12.7. The molecular weight excluding hydrogens is 330 g/mol. The van der Waals surface area contributed by atoms with Crippen LogP contribution < -0.4 is 10.1 Å². The number of aromatic nitrogens is 4. The number of carbonyl (C=O) groups excluding carboxylic acids is 1. The predicted molar refractivity (Wildman–Crippen MR) is 97.3 cm³/mol. The molecule has 0 fully saturated rings. The third-order valence-corrected chi connectivity index (χ3v) is 4.79. The maximum Gasteiger partial charge on any atom is 0.271 e. The molecule has 0 radical (unpaired) electrons. The molecule has 0 saturated heterocycles. The van der Waals surface area contributed by atoms with Crippen molar-refractivity contribution in [1.82, 2.24) is 24.8 Å². The average molecular weight is 351 g/mol. The lowest BCUT2D eigenvalue weighted by Gasteiger charge is -2.15. The minimum Gasteiger partial charge on any atom is -0.497 e. The molecule has 2 aromatic heterocycles. The van der Waals surface area contributed by atoms with Gasteiger partial charge in [0, 0.05) is 37.1 Å². The van der Waals surface area contributed by atoms with Gasteiger partial charge in [0.1, 0.15) is 11.4 Å². The van der Waals surface area contributed by atoms with Gasteiger partial charge in [-0.2, -0.15) is 0 Å². The van der Waals surface area contributed by atoms with Gasteiger partial charge in [-0.1, -0.05) is 12.1 Å². The van der Waals surface area contributed by atoms with Crippen LogP contribution in [0.5, 0.6) is 5.75 Å². The van der Waals surface area contributed by atoms with Crippen LogP contribution in [-0.4, -0.2) is 39.1 Å². The second kappa shape index (κ2) is 6.67. The van der Waals surface area contributed by atoms with Crippen LogP contribution >= 0.6 is 0 Å². The summed E-state index contributed by atoms with van der Waals surface area (Å²) in [6, 6.07) is 7.97. The van der Waals surface area contributed by atoms with Gasteiger partial charge in [0.05, 0.1) is 7.11 Å². The summed E-state index contributed by atoms with van der Waals surface area (Å²) in [4.78, 5) is 24.7. The number of aromatic amines is 1. The number of aryl methyl sites for hydroxylation is 1. The molecule has 3 aromatic rings. The first-order valence-corrected chi connectivity index (χ1v) is 8.72. The highest BCUT2D eigenvalue weighted by Gasteiger charge is 2.27. The van der Waals surface area contributed by atoms with Crippen LogP contribution in [0.2, 0.25) is 0 Å². The number of imidazole rings is 2. The number of hydrogen-bond donors (Lipinski definition) is 2. The highest BCUT2D eigenvalue weighted by Crippen LogP contribution is 2.28. The third kappa shape index (κ3) is 2.85. The first-order valence-electron chi connectivity index (χ1n) is 8.72. The van der Waals surface area contributed by atoms with Gasteiger partial charge in [0.15, 0.2) is 11.6 Å². The predicted octanol–water partition coefficient (Wildman–Crippen LogP) is 2.37. The second-order valence-corrected chi connectivity index (χ2v) is 6.34. The monoisotopic (exact) mass is 351 g/mol. The summed E-state index contributed by atoms with van der Waals surface area (Å²) in [5, 5.41) is 2.98. The average Bonchev–Trinajstić information content (AvgIpc) is 3.28. The molecule has 0 spiro atoms. The molecule has 134 valence electrons. The van der Waals surface area contributed by atoms with Gasteiger partial charge in [-0.15, -0.1) is 0 Å².